The highest BCUT2D eigenvalue weighted by Gasteiger charge is 2.31. The Morgan fingerprint density at radius 1 is 1.31 bits per heavy atom. The van der Waals surface area contributed by atoms with Gasteiger partial charge in [0.05, 0.1) is 7.11 Å². The maximum atomic E-state index is 12.1. The van der Waals surface area contributed by atoms with Gasteiger partial charge in [-0.05, 0) is 51.2 Å². The maximum absolute atomic E-state index is 12.1. The first-order chi connectivity index (χ1) is 14.0. The van der Waals surface area contributed by atoms with Crippen LogP contribution in [0.25, 0.3) is 21.3 Å². The topological polar surface area (TPSA) is 81.5 Å². The normalized spacial score (nSPS) is 14.6. The highest BCUT2D eigenvalue weighted by molar-refractivity contribution is 7.19. The summed E-state index contributed by atoms with van der Waals surface area (Å²) in [7, 11) is 1.58. The summed E-state index contributed by atoms with van der Waals surface area (Å²) in [4.78, 5) is 23.6. The molecule has 6 nitrogen and oxygen atoms in total. The molecule has 3 heterocycles. The number of thiophene rings is 1. The Balaban J connectivity index is 2.07. The average molecular weight is 413 g/mol. The van der Waals surface area contributed by atoms with Gasteiger partial charge in [0, 0.05) is 51.5 Å². The minimum absolute atomic E-state index is 0.302. The van der Waals surface area contributed by atoms with Crippen LogP contribution in [0.5, 0.6) is 5.88 Å². The van der Waals surface area contributed by atoms with Gasteiger partial charge in [-0.3, -0.25) is 0 Å². The predicted octanol–water partition coefficient (Wildman–Crippen LogP) is 4.72. The monoisotopic (exact) mass is 412 g/mol. The van der Waals surface area contributed by atoms with Crippen molar-refractivity contribution in [3.05, 3.63) is 40.0 Å². The molecular formula is C22H24N2O4S. The number of carboxylic acids is 1. The second kappa shape index (κ2) is 8.08. The number of aromatic nitrogens is 2. The number of fused-ring (bicyclic) bond motifs is 3. The van der Waals surface area contributed by atoms with Gasteiger partial charge in [-0.1, -0.05) is 0 Å². The van der Waals surface area contributed by atoms with Crippen LogP contribution in [-0.4, -0.2) is 34.8 Å². The summed E-state index contributed by atoms with van der Waals surface area (Å²) < 4.78 is 10.9. The number of rotatable bonds is 6. The molecule has 1 N–H and O–H groups in total. The van der Waals surface area contributed by atoms with Crippen molar-refractivity contribution >= 4 is 27.5 Å². The van der Waals surface area contributed by atoms with E-state index >= 15 is 0 Å². The molecule has 0 aromatic carbocycles. The summed E-state index contributed by atoms with van der Waals surface area (Å²) in [5.74, 6) is -0.493. The zero-order valence-corrected chi connectivity index (χ0v) is 17.6. The summed E-state index contributed by atoms with van der Waals surface area (Å²) in [5, 5.41) is 11.0. The molecule has 152 valence electrons. The molecule has 0 aliphatic heterocycles. The minimum atomic E-state index is -1.08. The zero-order valence-electron chi connectivity index (χ0n) is 16.8. The molecule has 3 aromatic heterocycles. The lowest BCUT2D eigenvalue weighted by atomic mass is 9.88. The Labute approximate surface area is 173 Å². The molecule has 0 radical (unpaired) electrons. The lowest BCUT2D eigenvalue weighted by Crippen LogP contribution is -2.18. The van der Waals surface area contributed by atoms with Crippen molar-refractivity contribution in [2.45, 2.75) is 45.6 Å². The first-order valence-corrected chi connectivity index (χ1v) is 10.7. The second-order valence-corrected chi connectivity index (χ2v) is 8.22. The number of hydrogen-bond acceptors (Lipinski definition) is 6. The lowest BCUT2D eigenvalue weighted by Gasteiger charge is -2.21. The Morgan fingerprint density at radius 2 is 2.10 bits per heavy atom. The molecule has 1 unspecified atom stereocenters. The van der Waals surface area contributed by atoms with Gasteiger partial charge < -0.3 is 14.6 Å². The Bertz CT molecular complexity index is 1060. The van der Waals surface area contributed by atoms with Gasteiger partial charge in [0.25, 0.3) is 0 Å². The van der Waals surface area contributed by atoms with E-state index in [1.807, 2.05) is 13.0 Å². The maximum Gasteiger partial charge on any atom is 0.337 e. The van der Waals surface area contributed by atoms with Crippen LogP contribution in [0.4, 0.5) is 0 Å². The molecule has 1 aliphatic rings. The third-order valence-electron chi connectivity index (χ3n) is 5.39. The summed E-state index contributed by atoms with van der Waals surface area (Å²) in [6.45, 7) is 3.97. The molecule has 1 aliphatic carbocycles. The van der Waals surface area contributed by atoms with Crippen molar-refractivity contribution in [3.63, 3.8) is 0 Å². The number of hydrogen-bond donors (Lipinski definition) is 1. The van der Waals surface area contributed by atoms with Crippen LogP contribution < -0.4 is 4.74 Å². The molecule has 29 heavy (non-hydrogen) atoms. The van der Waals surface area contributed by atoms with Gasteiger partial charge in [-0.25, -0.2) is 14.8 Å². The summed E-state index contributed by atoms with van der Waals surface area (Å²) in [6, 6.07) is 3.73. The van der Waals surface area contributed by atoms with Gasteiger partial charge in [0.2, 0.25) is 5.88 Å². The zero-order chi connectivity index (χ0) is 20.5. The van der Waals surface area contributed by atoms with E-state index in [1.54, 1.807) is 37.6 Å². The van der Waals surface area contributed by atoms with Gasteiger partial charge in [-0.2, -0.15) is 0 Å². The van der Waals surface area contributed by atoms with Gasteiger partial charge in [0.1, 0.15) is 4.83 Å². The molecule has 0 amide bonds. The van der Waals surface area contributed by atoms with E-state index in [2.05, 4.69) is 4.98 Å². The number of nitrogens with zero attached hydrogens (tertiary/aromatic N) is 2. The SMILES string of the molecule is CCOC(C(=O)O)c1c(C)nc2sc3c(c2c1-c1ccc(OC)nc1)CCCC3. The van der Waals surface area contributed by atoms with Crippen LogP contribution in [0.1, 0.15) is 47.6 Å². The number of aryl methyl sites for hydroxylation is 3. The standard InChI is InChI=1S/C22H24N2O4S/c1-4-28-20(22(25)26)17-12(2)24-21-19(14-7-5-6-8-15(14)29-21)18(17)13-9-10-16(27-3)23-11-13/h9-11,20H,4-8H2,1-3H3,(H,25,26). The molecule has 3 aromatic rings. The highest BCUT2D eigenvalue weighted by atomic mass is 32.1. The Hall–Kier alpha value is -2.51. The number of carboxylic acid groups (broad SMARTS) is 1. The third-order valence-corrected chi connectivity index (χ3v) is 6.57. The molecule has 0 saturated carbocycles. The van der Waals surface area contributed by atoms with Gasteiger partial charge in [0.15, 0.2) is 6.10 Å². The van der Waals surface area contributed by atoms with Gasteiger partial charge >= 0.3 is 5.97 Å². The van der Waals surface area contributed by atoms with E-state index in [4.69, 9.17) is 14.5 Å². The molecule has 0 bridgehead atoms. The fraction of sp³-hybridized carbons (Fsp3) is 0.409. The Morgan fingerprint density at radius 3 is 2.76 bits per heavy atom. The third kappa shape index (κ3) is 3.49. The van der Waals surface area contributed by atoms with Crippen LogP contribution in [0.15, 0.2) is 18.3 Å². The quantitative estimate of drug-likeness (QED) is 0.631. The molecule has 7 heteroatoms. The number of methoxy groups -OCH3 is 1. The van der Waals surface area contributed by atoms with Crippen LogP contribution in [0.2, 0.25) is 0 Å². The van der Waals surface area contributed by atoms with Crippen LogP contribution in [0.3, 0.4) is 0 Å². The summed E-state index contributed by atoms with van der Waals surface area (Å²) >= 11 is 1.73. The van der Waals surface area contributed by atoms with Crippen molar-refractivity contribution < 1.29 is 19.4 Å². The Kier molecular flexibility index (Phi) is 5.52. The molecule has 4 rings (SSSR count). The van der Waals surface area contributed by atoms with E-state index in [1.165, 1.54) is 16.9 Å². The second-order valence-electron chi connectivity index (χ2n) is 7.14. The number of aliphatic carboxylic acids is 1. The smallest absolute Gasteiger partial charge is 0.337 e. The fourth-order valence-electron chi connectivity index (χ4n) is 4.13. The van der Waals surface area contributed by atoms with Crippen LogP contribution >= 0.6 is 11.3 Å². The van der Waals surface area contributed by atoms with E-state index < -0.39 is 12.1 Å². The van der Waals surface area contributed by atoms with E-state index in [-0.39, 0.29) is 0 Å². The van der Waals surface area contributed by atoms with Crippen LogP contribution in [0, 0.1) is 6.92 Å². The van der Waals surface area contributed by atoms with E-state index in [9.17, 15) is 9.90 Å². The summed E-state index contributed by atoms with van der Waals surface area (Å²) in [5.41, 5.74) is 4.33. The van der Waals surface area contributed by atoms with E-state index in [0.717, 1.165) is 40.6 Å². The lowest BCUT2D eigenvalue weighted by molar-refractivity contribution is -0.150. The van der Waals surface area contributed by atoms with Gasteiger partial charge in [-0.15, -0.1) is 11.3 Å². The first-order valence-electron chi connectivity index (χ1n) is 9.84. The minimum Gasteiger partial charge on any atom is -0.481 e. The molecule has 0 saturated heterocycles. The van der Waals surface area contributed by atoms with Crippen molar-refractivity contribution in [1.82, 2.24) is 9.97 Å². The molecule has 0 fully saturated rings. The van der Waals surface area contributed by atoms with E-state index in [0.29, 0.717) is 23.7 Å². The van der Waals surface area contributed by atoms with Crippen molar-refractivity contribution in [2.24, 2.45) is 0 Å². The average Bonchev–Trinajstić information content (AvgIpc) is 3.09. The molecular weight excluding hydrogens is 388 g/mol. The highest BCUT2D eigenvalue weighted by Crippen LogP contribution is 2.45. The number of carbonyl (C=O) groups is 1. The molecule has 0 spiro atoms. The largest absolute Gasteiger partial charge is 0.481 e. The number of ether oxygens (including phenoxy) is 2. The predicted molar refractivity (Wildman–Crippen MR) is 113 cm³/mol. The van der Waals surface area contributed by atoms with Crippen molar-refractivity contribution in [2.75, 3.05) is 13.7 Å². The van der Waals surface area contributed by atoms with Crippen molar-refractivity contribution in [1.29, 1.82) is 0 Å². The molecule has 1 atom stereocenters. The van der Waals surface area contributed by atoms with Crippen LogP contribution in [-0.2, 0) is 22.4 Å². The first kappa shape index (κ1) is 19.8. The summed E-state index contributed by atoms with van der Waals surface area (Å²) in [6.07, 6.45) is 5.03. The fourth-order valence-corrected chi connectivity index (χ4v) is 5.45. The number of pyridine rings is 2. The van der Waals surface area contributed by atoms with Crippen molar-refractivity contribution in [3.8, 4) is 17.0 Å².